The number of aliphatic hydroxyl groups excluding tert-OH is 1. The van der Waals surface area contributed by atoms with Gasteiger partial charge < -0.3 is 10.0 Å². The lowest BCUT2D eigenvalue weighted by atomic mass is 9.85. The number of aromatic nitrogens is 4. The molecule has 1 aliphatic rings. The zero-order chi connectivity index (χ0) is 14.2. The van der Waals surface area contributed by atoms with E-state index in [1.807, 2.05) is 34.6 Å². The molecule has 0 spiro atoms. The summed E-state index contributed by atoms with van der Waals surface area (Å²) in [6.45, 7) is 10.5. The van der Waals surface area contributed by atoms with E-state index in [0.717, 1.165) is 16.9 Å². The Morgan fingerprint density at radius 2 is 2.05 bits per heavy atom. The molecule has 3 rings (SSSR count). The topological polar surface area (TPSA) is 77.9 Å². The Labute approximate surface area is 112 Å². The quantitative estimate of drug-likeness (QED) is 0.818. The Bertz CT molecular complexity index is 577. The van der Waals surface area contributed by atoms with Gasteiger partial charge in [-0.25, -0.2) is 9.97 Å². The number of nitrogens with zero attached hydrogens (tertiary/aromatic N) is 4. The Morgan fingerprint density at radius 1 is 1.37 bits per heavy atom. The molecule has 104 valence electrons. The molecule has 0 aliphatic carbocycles. The van der Waals surface area contributed by atoms with Gasteiger partial charge in [0.2, 0.25) is 0 Å². The maximum atomic E-state index is 9.79. The fraction of sp³-hybridized carbons (Fsp3) is 0.615. The van der Waals surface area contributed by atoms with E-state index in [9.17, 15) is 5.11 Å². The smallest absolute Gasteiger partial charge is 0.161 e. The number of hydrogen-bond donors (Lipinski definition) is 2. The highest BCUT2D eigenvalue weighted by molar-refractivity contribution is 5.87. The van der Waals surface area contributed by atoms with Gasteiger partial charge in [0.1, 0.15) is 11.6 Å². The van der Waals surface area contributed by atoms with E-state index in [4.69, 9.17) is 0 Å². The molecule has 1 unspecified atom stereocenters. The number of hydrogen-bond acceptors (Lipinski definition) is 5. The zero-order valence-electron chi connectivity index (χ0n) is 12.1. The van der Waals surface area contributed by atoms with Gasteiger partial charge in [-0.3, -0.25) is 5.10 Å². The second kappa shape index (κ2) is 4.77. The predicted octanol–water partition coefficient (Wildman–Crippen LogP) is 1.65. The van der Waals surface area contributed by atoms with Crippen LogP contribution in [0.15, 0.2) is 6.20 Å². The van der Waals surface area contributed by atoms with Gasteiger partial charge in [0, 0.05) is 6.54 Å². The molecule has 1 saturated heterocycles. The molecule has 0 aromatic carbocycles. The van der Waals surface area contributed by atoms with Crippen molar-refractivity contribution in [1.29, 1.82) is 0 Å². The Kier molecular flexibility index (Phi) is 3.45. The number of nitrogens with one attached hydrogen (secondary N) is 1. The van der Waals surface area contributed by atoms with Crippen LogP contribution in [0, 0.1) is 6.92 Å². The van der Waals surface area contributed by atoms with Crippen LogP contribution in [-0.2, 0) is 0 Å². The molecule has 6 heteroatoms. The molecule has 2 aromatic rings. The van der Waals surface area contributed by atoms with Crippen molar-refractivity contribution >= 4 is 16.9 Å². The Morgan fingerprint density at radius 3 is 2.63 bits per heavy atom. The van der Waals surface area contributed by atoms with E-state index in [1.165, 1.54) is 0 Å². The second-order valence-electron chi connectivity index (χ2n) is 5.01. The van der Waals surface area contributed by atoms with Gasteiger partial charge in [-0.05, 0) is 20.8 Å². The van der Waals surface area contributed by atoms with Gasteiger partial charge in [-0.1, -0.05) is 13.8 Å². The molecule has 6 nitrogen and oxygen atoms in total. The van der Waals surface area contributed by atoms with E-state index in [1.54, 1.807) is 6.20 Å². The van der Waals surface area contributed by atoms with Crippen molar-refractivity contribution < 1.29 is 5.11 Å². The number of β-amino-alcohol motifs (C(OH)–C–C–N with tert-alkyl or cyclic N) is 1. The summed E-state index contributed by atoms with van der Waals surface area (Å²) in [5, 5.41) is 17.5. The average molecular weight is 263 g/mol. The van der Waals surface area contributed by atoms with Crippen molar-refractivity contribution in [1.82, 2.24) is 20.2 Å². The van der Waals surface area contributed by atoms with Crippen molar-refractivity contribution in [3.8, 4) is 0 Å². The third-order valence-electron chi connectivity index (χ3n) is 3.52. The number of aliphatic hydroxyl groups is 1. The molecular weight excluding hydrogens is 242 g/mol. The number of fused-ring (bicyclic) bond motifs is 1. The average Bonchev–Trinajstić information content (AvgIpc) is 2.85. The Hall–Kier alpha value is -1.69. The first-order chi connectivity index (χ1) is 9.00. The molecule has 0 bridgehead atoms. The molecule has 2 N–H and O–H groups in total. The van der Waals surface area contributed by atoms with Crippen LogP contribution >= 0.6 is 0 Å². The van der Waals surface area contributed by atoms with Crippen LogP contribution in [0.25, 0.3) is 11.0 Å². The van der Waals surface area contributed by atoms with Crippen molar-refractivity contribution in [2.24, 2.45) is 0 Å². The number of rotatable bonds is 1. The van der Waals surface area contributed by atoms with Crippen molar-refractivity contribution in [3.63, 3.8) is 0 Å². The lowest BCUT2D eigenvalue weighted by Gasteiger charge is -2.53. The summed E-state index contributed by atoms with van der Waals surface area (Å²) in [5.41, 5.74) is 0.454. The van der Waals surface area contributed by atoms with Gasteiger partial charge in [0.15, 0.2) is 5.65 Å². The van der Waals surface area contributed by atoms with Crippen LogP contribution in [0.1, 0.15) is 33.5 Å². The van der Waals surface area contributed by atoms with Crippen LogP contribution in [0.4, 0.5) is 5.82 Å². The SMILES string of the molecule is CC.Cc1nc(N2CC(O)C2(C)C)c2cn[nH]c2n1. The first-order valence-corrected chi connectivity index (χ1v) is 6.63. The summed E-state index contributed by atoms with van der Waals surface area (Å²) in [4.78, 5) is 10.8. The summed E-state index contributed by atoms with van der Waals surface area (Å²) >= 11 is 0. The number of anilines is 1. The highest BCUT2D eigenvalue weighted by Gasteiger charge is 2.46. The third-order valence-corrected chi connectivity index (χ3v) is 3.52. The summed E-state index contributed by atoms with van der Waals surface area (Å²) in [7, 11) is 0. The number of aromatic amines is 1. The van der Waals surface area contributed by atoms with Crippen molar-refractivity contribution in [2.45, 2.75) is 46.3 Å². The Balaban J connectivity index is 0.000000637. The third kappa shape index (κ3) is 2.06. The van der Waals surface area contributed by atoms with Crippen LogP contribution in [0.5, 0.6) is 0 Å². The summed E-state index contributed by atoms with van der Waals surface area (Å²) in [6, 6.07) is 0. The molecule has 19 heavy (non-hydrogen) atoms. The minimum atomic E-state index is -0.320. The largest absolute Gasteiger partial charge is 0.389 e. The van der Waals surface area contributed by atoms with Gasteiger partial charge >= 0.3 is 0 Å². The maximum Gasteiger partial charge on any atom is 0.161 e. The minimum absolute atomic E-state index is 0.287. The predicted molar refractivity (Wildman–Crippen MR) is 75.2 cm³/mol. The number of H-pyrrole nitrogens is 1. The first-order valence-electron chi connectivity index (χ1n) is 6.63. The first kappa shape index (κ1) is 13.7. The van der Waals surface area contributed by atoms with E-state index in [-0.39, 0.29) is 11.6 Å². The molecule has 1 aliphatic heterocycles. The molecule has 0 radical (unpaired) electrons. The van der Waals surface area contributed by atoms with E-state index < -0.39 is 0 Å². The van der Waals surface area contributed by atoms with Crippen molar-refractivity contribution in [2.75, 3.05) is 11.4 Å². The summed E-state index contributed by atoms with van der Waals surface area (Å²) in [6.07, 6.45) is 1.41. The minimum Gasteiger partial charge on any atom is -0.389 e. The maximum absolute atomic E-state index is 9.79. The monoisotopic (exact) mass is 263 g/mol. The molecule has 2 aromatic heterocycles. The highest BCUT2D eigenvalue weighted by atomic mass is 16.3. The van der Waals surface area contributed by atoms with Crippen LogP contribution in [-0.4, -0.2) is 43.5 Å². The summed E-state index contributed by atoms with van der Waals surface area (Å²) < 4.78 is 0. The van der Waals surface area contributed by atoms with Crippen LogP contribution < -0.4 is 4.90 Å². The molecule has 1 fully saturated rings. The molecule has 3 heterocycles. The normalized spacial score (nSPS) is 20.7. The van der Waals surface area contributed by atoms with E-state index in [0.29, 0.717) is 12.4 Å². The van der Waals surface area contributed by atoms with Crippen LogP contribution in [0.2, 0.25) is 0 Å². The van der Waals surface area contributed by atoms with Crippen LogP contribution in [0.3, 0.4) is 0 Å². The van der Waals surface area contributed by atoms with Gasteiger partial charge in [0.25, 0.3) is 0 Å². The van der Waals surface area contributed by atoms with E-state index in [2.05, 4.69) is 25.1 Å². The van der Waals surface area contributed by atoms with Gasteiger partial charge in [-0.2, -0.15) is 5.10 Å². The highest BCUT2D eigenvalue weighted by Crippen LogP contribution is 2.37. The number of aryl methyl sites for hydroxylation is 1. The molecule has 1 atom stereocenters. The zero-order valence-corrected chi connectivity index (χ0v) is 12.1. The fourth-order valence-electron chi connectivity index (χ4n) is 2.19. The van der Waals surface area contributed by atoms with E-state index >= 15 is 0 Å². The molecule has 0 amide bonds. The molecular formula is C13H21N5O. The lowest BCUT2D eigenvalue weighted by Crippen LogP contribution is -2.68. The molecule has 0 saturated carbocycles. The van der Waals surface area contributed by atoms with Gasteiger partial charge in [-0.15, -0.1) is 0 Å². The fourth-order valence-corrected chi connectivity index (χ4v) is 2.19. The summed E-state index contributed by atoms with van der Waals surface area (Å²) in [5.74, 6) is 1.55. The second-order valence-corrected chi connectivity index (χ2v) is 5.01. The standard InChI is InChI=1S/C11H15N5O.C2H6/c1-6-13-9-7(4-12-15-9)10(14-6)16-5-8(17)11(16,2)3;1-2/h4,8,17H,5H2,1-3H3,(H,12,13,14,15);1-2H3. The van der Waals surface area contributed by atoms with Gasteiger partial charge in [0.05, 0.1) is 23.2 Å². The van der Waals surface area contributed by atoms with Crippen molar-refractivity contribution in [3.05, 3.63) is 12.0 Å². The lowest BCUT2D eigenvalue weighted by molar-refractivity contribution is 0.0422.